The summed E-state index contributed by atoms with van der Waals surface area (Å²) < 4.78 is 1.10. The maximum Gasteiger partial charge on any atom is 0.0639 e. The lowest BCUT2D eigenvalue weighted by atomic mass is 10.2. The van der Waals surface area contributed by atoms with Gasteiger partial charge < -0.3 is 5.11 Å². The predicted molar refractivity (Wildman–Crippen MR) is 71.4 cm³/mol. The van der Waals surface area contributed by atoms with Crippen LogP contribution in [0, 0.1) is 0 Å². The van der Waals surface area contributed by atoms with Crippen molar-refractivity contribution in [2.75, 3.05) is 6.54 Å². The fourth-order valence-electron chi connectivity index (χ4n) is 1.67. The Morgan fingerprint density at radius 3 is 2.50 bits per heavy atom. The highest BCUT2D eigenvalue weighted by molar-refractivity contribution is 9.10. The zero-order chi connectivity index (χ0) is 12.1. The van der Waals surface area contributed by atoms with Crippen LogP contribution in [-0.4, -0.2) is 28.7 Å². The molecule has 0 saturated heterocycles. The van der Waals surface area contributed by atoms with E-state index < -0.39 is 0 Å². The van der Waals surface area contributed by atoms with E-state index in [0.717, 1.165) is 11.0 Å². The summed E-state index contributed by atoms with van der Waals surface area (Å²) >= 11 is 3.47. The molecule has 0 spiro atoms. The molecule has 0 amide bonds. The van der Waals surface area contributed by atoms with Crippen LogP contribution in [0.25, 0.3) is 0 Å². The molecule has 1 aromatic rings. The molecule has 2 nitrogen and oxygen atoms in total. The van der Waals surface area contributed by atoms with Crippen molar-refractivity contribution >= 4 is 15.9 Å². The zero-order valence-corrected chi connectivity index (χ0v) is 11.7. The minimum atomic E-state index is -0.283. The molecule has 0 bridgehead atoms. The molecule has 0 aliphatic rings. The maximum atomic E-state index is 9.45. The van der Waals surface area contributed by atoms with Crippen LogP contribution >= 0.6 is 15.9 Å². The number of hydrogen-bond donors (Lipinski definition) is 1. The Balaban J connectivity index is 2.68. The third-order valence-corrected chi connectivity index (χ3v) is 3.00. The summed E-state index contributed by atoms with van der Waals surface area (Å²) in [6, 6.07) is 8.74. The van der Waals surface area contributed by atoms with Crippen molar-refractivity contribution in [3.05, 3.63) is 34.3 Å². The van der Waals surface area contributed by atoms with Gasteiger partial charge in [-0.25, -0.2) is 0 Å². The average Bonchev–Trinajstić information content (AvgIpc) is 2.15. The van der Waals surface area contributed by atoms with Crippen LogP contribution < -0.4 is 0 Å². The molecule has 16 heavy (non-hydrogen) atoms. The van der Waals surface area contributed by atoms with Crippen molar-refractivity contribution in [2.24, 2.45) is 0 Å². The molecule has 1 unspecified atom stereocenters. The van der Waals surface area contributed by atoms with Gasteiger partial charge in [-0.2, -0.15) is 0 Å². The first kappa shape index (κ1) is 13.7. The van der Waals surface area contributed by atoms with E-state index in [1.54, 1.807) is 0 Å². The van der Waals surface area contributed by atoms with E-state index in [4.69, 9.17) is 0 Å². The van der Waals surface area contributed by atoms with E-state index in [9.17, 15) is 5.11 Å². The fourth-order valence-corrected chi connectivity index (χ4v) is 2.11. The molecule has 0 saturated carbocycles. The Kier molecular flexibility index (Phi) is 5.46. The van der Waals surface area contributed by atoms with Gasteiger partial charge in [-0.05, 0) is 38.5 Å². The van der Waals surface area contributed by atoms with Crippen LogP contribution in [0.3, 0.4) is 0 Å². The molecule has 0 aliphatic heterocycles. The molecule has 1 rings (SSSR count). The SMILES string of the molecule is CC(O)CN(Cc1cccc(Br)c1)C(C)C. The Labute approximate surface area is 106 Å². The van der Waals surface area contributed by atoms with E-state index in [0.29, 0.717) is 12.6 Å². The number of nitrogens with zero attached hydrogens (tertiary/aromatic N) is 1. The highest BCUT2D eigenvalue weighted by atomic mass is 79.9. The van der Waals surface area contributed by atoms with Crippen LogP contribution in [0.2, 0.25) is 0 Å². The van der Waals surface area contributed by atoms with E-state index in [-0.39, 0.29) is 6.10 Å². The number of hydrogen-bond acceptors (Lipinski definition) is 2. The maximum absolute atomic E-state index is 9.45. The minimum Gasteiger partial charge on any atom is -0.392 e. The second kappa shape index (κ2) is 6.38. The van der Waals surface area contributed by atoms with E-state index in [1.165, 1.54) is 5.56 Å². The van der Waals surface area contributed by atoms with Gasteiger partial charge in [0.25, 0.3) is 0 Å². The molecule has 90 valence electrons. The minimum absolute atomic E-state index is 0.283. The summed E-state index contributed by atoms with van der Waals surface area (Å²) in [4.78, 5) is 2.27. The first-order valence-electron chi connectivity index (χ1n) is 5.65. The summed E-state index contributed by atoms with van der Waals surface area (Å²) in [6.45, 7) is 7.73. The standard InChI is InChI=1S/C13H20BrNO/c1-10(2)15(8-11(3)16)9-12-5-4-6-13(14)7-12/h4-7,10-11,16H,8-9H2,1-3H3. The van der Waals surface area contributed by atoms with Crippen LogP contribution in [0.5, 0.6) is 0 Å². The Bertz CT molecular complexity index is 325. The number of halogens is 1. The van der Waals surface area contributed by atoms with Gasteiger partial charge in [0.05, 0.1) is 6.10 Å². The summed E-state index contributed by atoms with van der Waals surface area (Å²) in [5.74, 6) is 0. The van der Waals surface area contributed by atoms with Gasteiger partial charge in [-0.3, -0.25) is 4.90 Å². The van der Waals surface area contributed by atoms with Gasteiger partial charge in [0.1, 0.15) is 0 Å². The highest BCUT2D eigenvalue weighted by Crippen LogP contribution is 2.14. The second-order valence-corrected chi connectivity index (χ2v) is 5.42. The monoisotopic (exact) mass is 285 g/mol. The van der Waals surface area contributed by atoms with Crippen molar-refractivity contribution in [3.8, 4) is 0 Å². The Morgan fingerprint density at radius 1 is 1.31 bits per heavy atom. The van der Waals surface area contributed by atoms with Gasteiger partial charge in [0.15, 0.2) is 0 Å². The van der Waals surface area contributed by atoms with Crippen molar-refractivity contribution < 1.29 is 5.11 Å². The molecule has 1 N–H and O–H groups in total. The van der Waals surface area contributed by atoms with E-state index >= 15 is 0 Å². The molecular weight excluding hydrogens is 266 g/mol. The van der Waals surface area contributed by atoms with Crippen molar-refractivity contribution in [3.63, 3.8) is 0 Å². The largest absolute Gasteiger partial charge is 0.392 e. The van der Waals surface area contributed by atoms with Gasteiger partial charge >= 0.3 is 0 Å². The van der Waals surface area contributed by atoms with Crippen molar-refractivity contribution in [1.29, 1.82) is 0 Å². The molecule has 0 aromatic heterocycles. The number of rotatable bonds is 5. The molecular formula is C13H20BrNO. The topological polar surface area (TPSA) is 23.5 Å². The highest BCUT2D eigenvalue weighted by Gasteiger charge is 2.12. The van der Waals surface area contributed by atoms with Crippen LogP contribution in [-0.2, 0) is 6.54 Å². The third kappa shape index (κ3) is 4.64. The second-order valence-electron chi connectivity index (χ2n) is 4.50. The molecule has 0 fully saturated rings. The predicted octanol–water partition coefficient (Wildman–Crippen LogP) is 3.04. The molecule has 3 heteroatoms. The van der Waals surface area contributed by atoms with E-state index in [1.807, 2.05) is 19.1 Å². The van der Waals surface area contributed by atoms with Crippen LogP contribution in [0.15, 0.2) is 28.7 Å². The molecule has 1 aromatic carbocycles. The van der Waals surface area contributed by atoms with Crippen molar-refractivity contribution in [1.82, 2.24) is 4.90 Å². The van der Waals surface area contributed by atoms with Gasteiger partial charge in [0, 0.05) is 23.6 Å². The molecule has 0 radical (unpaired) electrons. The zero-order valence-electron chi connectivity index (χ0n) is 10.2. The summed E-state index contributed by atoms with van der Waals surface area (Å²) in [7, 11) is 0. The Hall–Kier alpha value is -0.380. The van der Waals surface area contributed by atoms with Gasteiger partial charge in [0.2, 0.25) is 0 Å². The first-order chi connectivity index (χ1) is 7.49. The summed E-state index contributed by atoms with van der Waals surface area (Å²) in [6.07, 6.45) is -0.283. The van der Waals surface area contributed by atoms with Crippen LogP contribution in [0.1, 0.15) is 26.3 Å². The number of aliphatic hydroxyl groups excluding tert-OH is 1. The van der Waals surface area contributed by atoms with Crippen molar-refractivity contribution in [2.45, 2.75) is 39.5 Å². The van der Waals surface area contributed by atoms with Crippen LogP contribution in [0.4, 0.5) is 0 Å². The smallest absolute Gasteiger partial charge is 0.0639 e. The quantitative estimate of drug-likeness (QED) is 0.899. The number of aliphatic hydroxyl groups is 1. The third-order valence-electron chi connectivity index (χ3n) is 2.50. The Morgan fingerprint density at radius 2 is 2.00 bits per heavy atom. The molecule has 1 atom stereocenters. The van der Waals surface area contributed by atoms with Gasteiger partial charge in [-0.15, -0.1) is 0 Å². The number of benzene rings is 1. The summed E-state index contributed by atoms with van der Waals surface area (Å²) in [5.41, 5.74) is 1.27. The van der Waals surface area contributed by atoms with E-state index in [2.05, 4.69) is 46.8 Å². The average molecular weight is 286 g/mol. The normalized spacial score (nSPS) is 13.4. The lowest BCUT2D eigenvalue weighted by Gasteiger charge is -2.27. The van der Waals surface area contributed by atoms with Gasteiger partial charge in [-0.1, -0.05) is 28.1 Å². The first-order valence-corrected chi connectivity index (χ1v) is 6.45. The lowest BCUT2D eigenvalue weighted by molar-refractivity contribution is 0.103. The lowest BCUT2D eigenvalue weighted by Crippen LogP contribution is -2.36. The summed E-state index contributed by atoms with van der Waals surface area (Å²) in [5, 5.41) is 9.45. The molecule has 0 aliphatic carbocycles. The molecule has 0 heterocycles. The fraction of sp³-hybridized carbons (Fsp3) is 0.538.